The van der Waals surface area contributed by atoms with Gasteiger partial charge in [0.05, 0.1) is 10.4 Å². The number of benzene rings is 2. The molecule has 9 nitrogen and oxygen atoms in total. The number of nitro benzene ring substituents is 1. The molecule has 0 aliphatic carbocycles. The van der Waals surface area contributed by atoms with Gasteiger partial charge < -0.3 is 9.15 Å². The van der Waals surface area contributed by atoms with Gasteiger partial charge in [0, 0.05) is 11.5 Å². The molecule has 30 heavy (non-hydrogen) atoms. The summed E-state index contributed by atoms with van der Waals surface area (Å²) in [4.78, 5) is 19.7. The third-order valence-electron chi connectivity index (χ3n) is 4.65. The van der Waals surface area contributed by atoms with Crippen molar-refractivity contribution in [3.05, 3.63) is 82.4 Å². The number of ether oxygens (including phenoxy) is 1. The van der Waals surface area contributed by atoms with Gasteiger partial charge in [0.15, 0.2) is 17.2 Å². The van der Waals surface area contributed by atoms with Crippen LogP contribution in [0.5, 0.6) is 5.75 Å². The molecule has 3 aromatic heterocycles. The monoisotopic (exact) mass is 401 g/mol. The molecule has 9 heteroatoms. The van der Waals surface area contributed by atoms with E-state index in [-0.39, 0.29) is 18.0 Å². The molecule has 0 unspecified atom stereocenters. The van der Waals surface area contributed by atoms with Gasteiger partial charge in [-0.2, -0.15) is 0 Å². The van der Waals surface area contributed by atoms with Gasteiger partial charge in [-0.1, -0.05) is 18.2 Å². The Morgan fingerprint density at radius 1 is 1.17 bits per heavy atom. The van der Waals surface area contributed by atoms with E-state index in [1.165, 1.54) is 6.07 Å². The van der Waals surface area contributed by atoms with Gasteiger partial charge in [-0.15, -0.1) is 5.10 Å². The van der Waals surface area contributed by atoms with E-state index >= 15 is 0 Å². The number of aryl methyl sites for hydroxylation is 1. The Kier molecular flexibility index (Phi) is 4.13. The highest BCUT2D eigenvalue weighted by Gasteiger charge is 2.17. The Bertz CT molecular complexity index is 1410. The van der Waals surface area contributed by atoms with Gasteiger partial charge >= 0.3 is 5.69 Å². The summed E-state index contributed by atoms with van der Waals surface area (Å²) in [6, 6.07) is 16.0. The first kappa shape index (κ1) is 17.8. The zero-order chi connectivity index (χ0) is 20.7. The molecule has 0 spiro atoms. The number of hydrogen-bond donors (Lipinski definition) is 0. The summed E-state index contributed by atoms with van der Waals surface area (Å²) in [5.41, 5.74) is 2.22. The first-order chi connectivity index (χ1) is 14.6. The first-order valence-corrected chi connectivity index (χ1v) is 9.15. The van der Waals surface area contributed by atoms with Crippen LogP contribution in [0.4, 0.5) is 5.69 Å². The molecule has 0 atom stereocenters. The Morgan fingerprint density at radius 2 is 2.03 bits per heavy atom. The number of nitro groups is 1. The SMILES string of the molecule is Cc1ccc(OCc2ccc(-c3nc4c5ccccc5ncn4n3)o2)c([N+](=O)[O-])c1. The van der Waals surface area contributed by atoms with E-state index in [0.717, 1.165) is 16.5 Å². The number of aromatic nitrogens is 4. The number of nitrogens with zero attached hydrogens (tertiary/aromatic N) is 5. The standard InChI is InChI=1S/C21H15N5O4/c1-13-6-8-18(17(10-13)26(27)28)29-11-14-7-9-19(30-14)20-23-21-15-4-2-3-5-16(15)22-12-25(21)24-20/h2-10,12H,11H2,1H3. The topological polar surface area (TPSA) is 109 Å². The fourth-order valence-electron chi connectivity index (χ4n) is 3.20. The molecule has 0 N–H and O–H groups in total. The van der Waals surface area contributed by atoms with Gasteiger partial charge in [0.25, 0.3) is 0 Å². The minimum atomic E-state index is -0.463. The molecule has 0 aliphatic rings. The fraction of sp³-hybridized carbons (Fsp3) is 0.0952. The zero-order valence-corrected chi connectivity index (χ0v) is 15.8. The third-order valence-corrected chi connectivity index (χ3v) is 4.65. The molecular formula is C21H15N5O4. The van der Waals surface area contributed by atoms with Crippen LogP contribution in [-0.2, 0) is 6.61 Å². The average Bonchev–Trinajstić information content (AvgIpc) is 3.39. The van der Waals surface area contributed by atoms with E-state index in [2.05, 4.69) is 15.1 Å². The molecule has 0 saturated carbocycles. The van der Waals surface area contributed by atoms with Crippen molar-refractivity contribution in [3.63, 3.8) is 0 Å². The molecule has 0 aliphatic heterocycles. The number of furan rings is 1. The molecule has 0 fully saturated rings. The Labute approximate surface area is 169 Å². The summed E-state index contributed by atoms with van der Waals surface area (Å²) in [6.07, 6.45) is 1.61. The van der Waals surface area contributed by atoms with Crippen LogP contribution < -0.4 is 4.74 Å². The molecule has 3 heterocycles. The quantitative estimate of drug-likeness (QED) is 0.318. The molecule has 0 saturated heterocycles. The maximum Gasteiger partial charge on any atom is 0.311 e. The molecule has 0 radical (unpaired) electrons. The fourth-order valence-corrected chi connectivity index (χ4v) is 3.20. The van der Waals surface area contributed by atoms with E-state index in [9.17, 15) is 10.1 Å². The Morgan fingerprint density at radius 3 is 2.90 bits per heavy atom. The number of fused-ring (bicyclic) bond motifs is 3. The summed E-state index contributed by atoms with van der Waals surface area (Å²) in [6.45, 7) is 1.83. The predicted octanol–water partition coefficient (Wildman–Crippen LogP) is 4.33. The van der Waals surface area contributed by atoms with Gasteiger partial charge in [-0.3, -0.25) is 10.1 Å². The van der Waals surface area contributed by atoms with Crippen LogP contribution in [0.1, 0.15) is 11.3 Å². The summed E-state index contributed by atoms with van der Waals surface area (Å²) in [5.74, 6) is 1.58. The average molecular weight is 401 g/mol. The van der Waals surface area contributed by atoms with Gasteiger partial charge in [-0.25, -0.2) is 14.5 Å². The van der Waals surface area contributed by atoms with Crippen molar-refractivity contribution >= 4 is 22.2 Å². The van der Waals surface area contributed by atoms with Crippen LogP contribution >= 0.6 is 0 Å². The van der Waals surface area contributed by atoms with Crippen LogP contribution in [0.3, 0.4) is 0 Å². The maximum absolute atomic E-state index is 11.2. The van der Waals surface area contributed by atoms with E-state index in [1.807, 2.05) is 24.3 Å². The normalized spacial score (nSPS) is 11.2. The number of hydrogen-bond acceptors (Lipinski definition) is 7. The zero-order valence-electron chi connectivity index (χ0n) is 15.8. The highest BCUT2D eigenvalue weighted by Crippen LogP contribution is 2.29. The maximum atomic E-state index is 11.2. The van der Waals surface area contributed by atoms with Gasteiger partial charge in [0.2, 0.25) is 5.82 Å². The Balaban J connectivity index is 1.41. The van der Waals surface area contributed by atoms with E-state index in [1.54, 1.807) is 42.0 Å². The summed E-state index contributed by atoms with van der Waals surface area (Å²) in [5, 5.41) is 16.6. The van der Waals surface area contributed by atoms with Crippen molar-refractivity contribution in [2.45, 2.75) is 13.5 Å². The highest BCUT2D eigenvalue weighted by molar-refractivity contribution is 5.91. The van der Waals surface area contributed by atoms with Crippen LogP contribution in [0.15, 0.2) is 65.3 Å². The van der Waals surface area contributed by atoms with Crippen LogP contribution in [0.2, 0.25) is 0 Å². The van der Waals surface area contributed by atoms with Gasteiger partial charge in [-0.05, 0) is 42.8 Å². The van der Waals surface area contributed by atoms with Crippen molar-refractivity contribution < 1.29 is 14.1 Å². The second-order valence-corrected chi connectivity index (χ2v) is 6.75. The van der Waals surface area contributed by atoms with Crippen molar-refractivity contribution in [1.82, 2.24) is 19.6 Å². The summed E-state index contributed by atoms with van der Waals surface area (Å²) in [7, 11) is 0. The minimum absolute atomic E-state index is 0.0434. The minimum Gasteiger partial charge on any atom is -0.479 e. The van der Waals surface area contributed by atoms with Crippen molar-refractivity contribution in [2.75, 3.05) is 0 Å². The van der Waals surface area contributed by atoms with Crippen molar-refractivity contribution in [1.29, 1.82) is 0 Å². The first-order valence-electron chi connectivity index (χ1n) is 9.15. The van der Waals surface area contributed by atoms with E-state index in [4.69, 9.17) is 9.15 Å². The van der Waals surface area contributed by atoms with Crippen LogP contribution in [-0.4, -0.2) is 24.5 Å². The lowest BCUT2D eigenvalue weighted by Gasteiger charge is -2.05. The smallest absolute Gasteiger partial charge is 0.311 e. The summed E-state index contributed by atoms with van der Waals surface area (Å²) < 4.78 is 13.0. The molecule has 5 rings (SSSR count). The molecule has 5 aromatic rings. The third kappa shape index (κ3) is 3.12. The number of para-hydroxylation sites is 1. The van der Waals surface area contributed by atoms with E-state index < -0.39 is 4.92 Å². The highest BCUT2D eigenvalue weighted by atomic mass is 16.6. The summed E-state index contributed by atoms with van der Waals surface area (Å²) >= 11 is 0. The molecule has 148 valence electrons. The van der Waals surface area contributed by atoms with Crippen LogP contribution in [0, 0.1) is 17.0 Å². The molecule has 2 aromatic carbocycles. The Hall–Kier alpha value is -4.27. The second-order valence-electron chi connectivity index (χ2n) is 6.75. The molecular weight excluding hydrogens is 386 g/mol. The molecule has 0 amide bonds. The predicted molar refractivity (Wildman–Crippen MR) is 108 cm³/mol. The second kappa shape index (κ2) is 6.96. The van der Waals surface area contributed by atoms with E-state index in [0.29, 0.717) is 23.0 Å². The largest absolute Gasteiger partial charge is 0.479 e. The lowest BCUT2D eigenvalue weighted by atomic mass is 10.2. The van der Waals surface area contributed by atoms with Gasteiger partial charge in [0.1, 0.15) is 18.7 Å². The van der Waals surface area contributed by atoms with Crippen molar-refractivity contribution in [3.8, 4) is 17.3 Å². The van der Waals surface area contributed by atoms with Crippen LogP contribution in [0.25, 0.3) is 28.1 Å². The van der Waals surface area contributed by atoms with Crippen molar-refractivity contribution in [2.24, 2.45) is 0 Å². The molecule has 0 bridgehead atoms. The number of rotatable bonds is 5. The lowest BCUT2D eigenvalue weighted by molar-refractivity contribution is -0.386. The lowest BCUT2D eigenvalue weighted by Crippen LogP contribution is -1.98.